The lowest BCUT2D eigenvalue weighted by molar-refractivity contribution is -0.148. The Morgan fingerprint density at radius 3 is 2.04 bits per heavy atom. The molecule has 2 saturated heterocycles. The second-order valence-electron chi connectivity index (χ2n) is 15.5. The molecule has 1 unspecified atom stereocenters. The topological polar surface area (TPSA) is 237 Å². The fourth-order valence-corrected chi connectivity index (χ4v) is 7.47. The molecule has 56 heavy (non-hydrogen) atoms. The third-order valence-electron chi connectivity index (χ3n) is 9.70. The molecule has 2 aliphatic rings. The van der Waals surface area contributed by atoms with E-state index in [0.29, 0.717) is 23.7 Å². The van der Waals surface area contributed by atoms with E-state index in [4.69, 9.17) is 0 Å². The van der Waals surface area contributed by atoms with E-state index in [2.05, 4.69) is 26.6 Å². The van der Waals surface area contributed by atoms with Crippen LogP contribution in [0.5, 0.6) is 0 Å². The van der Waals surface area contributed by atoms with Crippen LogP contribution in [0.2, 0.25) is 0 Å². The maximum atomic E-state index is 14.0. The number of carboxylic acids is 1. The predicted octanol–water partition coefficient (Wildman–Crippen LogP) is 0.957. The standard InChI is InChI=1S/C39H56N6O10S/c1-7-23(6)34-38(54)45(19-32(48)44-34)18-31(47)40-29-20-56-39(55)28(14-22(4)5)43-36(52)26(13-21(2)3)42-37(53)27(15-24-11-9-8-10-12-24)41-35(51)25(16-30(29)46)17-33(49)50/h8-12,21-23,25-29,34H,7,13-20H2,1-6H3,(H,40,47)(H,41,51)(H,42,53)(H,43,52)(H,44,48)(H,49,50)/t23?,25-,26-,27-,28-,29-,34-/m0/s1. The highest BCUT2D eigenvalue weighted by molar-refractivity contribution is 8.13. The molecule has 2 fully saturated rings. The van der Waals surface area contributed by atoms with Crippen LogP contribution in [0.1, 0.15) is 79.2 Å². The van der Waals surface area contributed by atoms with Gasteiger partial charge in [0, 0.05) is 18.6 Å². The van der Waals surface area contributed by atoms with E-state index >= 15 is 0 Å². The van der Waals surface area contributed by atoms with Crippen molar-refractivity contribution in [1.29, 1.82) is 0 Å². The van der Waals surface area contributed by atoms with Crippen LogP contribution in [0.3, 0.4) is 0 Å². The van der Waals surface area contributed by atoms with Crippen LogP contribution in [-0.4, -0.2) is 111 Å². The number of thioether (sulfide) groups is 1. The Morgan fingerprint density at radius 2 is 1.43 bits per heavy atom. The Labute approximate surface area is 331 Å². The number of carboxylic acid groups (broad SMARTS) is 1. The lowest BCUT2D eigenvalue weighted by Crippen LogP contribution is -2.62. The van der Waals surface area contributed by atoms with Crippen molar-refractivity contribution in [2.45, 2.75) is 110 Å². The van der Waals surface area contributed by atoms with Crippen molar-refractivity contribution in [2.24, 2.45) is 23.7 Å². The number of amides is 6. The van der Waals surface area contributed by atoms with Gasteiger partial charge in [-0.25, -0.2) is 0 Å². The number of carbonyl (C=O) groups is 9. The molecule has 0 saturated carbocycles. The van der Waals surface area contributed by atoms with E-state index in [1.807, 2.05) is 34.6 Å². The van der Waals surface area contributed by atoms with Crippen molar-refractivity contribution in [2.75, 3.05) is 18.8 Å². The number of piperazine rings is 1. The summed E-state index contributed by atoms with van der Waals surface area (Å²) in [5.74, 6) is -8.39. The van der Waals surface area contributed by atoms with Gasteiger partial charge in [-0.2, -0.15) is 0 Å². The van der Waals surface area contributed by atoms with Gasteiger partial charge in [0.05, 0.1) is 24.4 Å². The summed E-state index contributed by atoms with van der Waals surface area (Å²) in [7, 11) is 0. The minimum absolute atomic E-state index is 0.0307. The SMILES string of the molecule is CCC(C)[C@@H]1NC(=O)CN(CC(=O)N[C@H]2CSC(=O)[C@H](CC(C)C)NC(=O)[C@H](CC(C)C)NC(=O)[C@H](Cc3ccccc3)NC(=O)[C@H](CC(=O)O)CC2=O)C1=O. The Hall–Kier alpha value is -4.80. The molecular weight excluding hydrogens is 745 g/mol. The molecule has 1 aromatic carbocycles. The summed E-state index contributed by atoms with van der Waals surface area (Å²) in [6.45, 7) is 10.1. The van der Waals surface area contributed by atoms with Gasteiger partial charge in [-0.3, -0.25) is 43.2 Å². The maximum absolute atomic E-state index is 14.0. The molecule has 6 amide bonds. The van der Waals surface area contributed by atoms with E-state index in [1.165, 1.54) is 0 Å². The first-order valence-electron chi connectivity index (χ1n) is 19.1. The molecule has 1 aromatic rings. The number of ketones is 1. The minimum Gasteiger partial charge on any atom is -0.481 e. The van der Waals surface area contributed by atoms with E-state index in [1.54, 1.807) is 37.3 Å². The van der Waals surface area contributed by atoms with Gasteiger partial charge in [-0.05, 0) is 36.2 Å². The van der Waals surface area contributed by atoms with Gasteiger partial charge in [0.2, 0.25) is 40.6 Å². The number of benzene rings is 1. The highest BCUT2D eigenvalue weighted by Crippen LogP contribution is 2.20. The van der Waals surface area contributed by atoms with E-state index in [0.717, 1.165) is 4.90 Å². The zero-order valence-corrected chi connectivity index (χ0v) is 33.7. The van der Waals surface area contributed by atoms with Gasteiger partial charge in [0.15, 0.2) is 5.78 Å². The molecule has 16 nitrogen and oxygen atoms in total. The van der Waals surface area contributed by atoms with Gasteiger partial charge in [0.25, 0.3) is 0 Å². The molecule has 2 aliphatic heterocycles. The van der Waals surface area contributed by atoms with Crippen LogP contribution in [-0.2, 0) is 49.6 Å². The molecule has 3 rings (SSSR count). The molecule has 7 atom stereocenters. The summed E-state index contributed by atoms with van der Waals surface area (Å²) in [6.07, 6.45) is -0.513. The minimum atomic E-state index is -1.49. The summed E-state index contributed by atoms with van der Waals surface area (Å²) in [6, 6.07) is 3.00. The molecule has 17 heteroatoms. The summed E-state index contributed by atoms with van der Waals surface area (Å²) >= 11 is 0.668. The van der Waals surface area contributed by atoms with Crippen LogP contribution >= 0.6 is 11.8 Å². The second kappa shape index (κ2) is 21.5. The quantitative estimate of drug-likeness (QED) is 0.164. The van der Waals surface area contributed by atoms with Crippen LogP contribution in [0.15, 0.2) is 30.3 Å². The zero-order chi connectivity index (χ0) is 41.7. The summed E-state index contributed by atoms with van der Waals surface area (Å²) in [4.78, 5) is 121. The first kappa shape index (κ1) is 45.6. The Bertz CT molecular complexity index is 1620. The molecule has 308 valence electrons. The number of carbonyl (C=O) groups excluding carboxylic acids is 8. The monoisotopic (exact) mass is 800 g/mol. The number of Topliss-reactive ketones (excluding diaryl/α,β-unsaturated/α-hetero) is 1. The summed E-state index contributed by atoms with van der Waals surface area (Å²) in [5.41, 5.74) is 0.653. The van der Waals surface area contributed by atoms with Crippen LogP contribution < -0.4 is 26.6 Å². The Morgan fingerprint density at radius 1 is 0.839 bits per heavy atom. The van der Waals surface area contributed by atoms with Crippen molar-refractivity contribution >= 4 is 64.1 Å². The van der Waals surface area contributed by atoms with Crippen molar-refractivity contribution in [3.63, 3.8) is 0 Å². The van der Waals surface area contributed by atoms with Gasteiger partial charge >= 0.3 is 5.97 Å². The highest BCUT2D eigenvalue weighted by Gasteiger charge is 2.38. The van der Waals surface area contributed by atoms with E-state index < -0.39 is 114 Å². The second-order valence-corrected chi connectivity index (χ2v) is 16.5. The highest BCUT2D eigenvalue weighted by atomic mass is 32.2. The van der Waals surface area contributed by atoms with Crippen molar-refractivity contribution in [1.82, 2.24) is 31.5 Å². The van der Waals surface area contributed by atoms with Crippen LogP contribution in [0, 0.1) is 23.7 Å². The molecule has 0 aromatic heterocycles. The molecule has 0 aliphatic carbocycles. The number of hydrogen-bond donors (Lipinski definition) is 6. The first-order valence-corrected chi connectivity index (χ1v) is 20.1. The summed E-state index contributed by atoms with van der Waals surface area (Å²) in [5, 5.41) is 22.6. The predicted molar refractivity (Wildman–Crippen MR) is 208 cm³/mol. The summed E-state index contributed by atoms with van der Waals surface area (Å²) < 4.78 is 0. The van der Waals surface area contributed by atoms with Crippen molar-refractivity contribution < 1.29 is 48.3 Å². The van der Waals surface area contributed by atoms with Crippen molar-refractivity contribution in [3.05, 3.63) is 35.9 Å². The smallest absolute Gasteiger partial charge is 0.304 e. The molecule has 0 radical (unpaired) electrons. The fourth-order valence-electron chi connectivity index (χ4n) is 6.51. The number of hydrogen-bond acceptors (Lipinski definition) is 10. The van der Waals surface area contributed by atoms with Gasteiger partial charge in [-0.1, -0.05) is 90.1 Å². The number of nitrogens with one attached hydrogen (secondary N) is 5. The molecule has 6 N–H and O–H groups in total. The van der Waals surface area contributed by atoms with E-state index in [-0.39, 0.29) is 42.8 Å². The lowest BCUT2D eigenvalue weighted by atomic mass is 9.94. The number of aliphatic carboxylic acids is 1. The van der Waals surface area contributed by atoms with Crippen LogP contribution in [0.4, 0.5) is 0 Å². The molecule has 0 spiro atoms. The van der Waals surface area contributed by atoms with Crippen molar-refractivity contribution in [3.8, 4) is 0 Å². The van der Waals surface area contributed by atoms with Gasteiger partial charge in [0.1, 0.15) is 31.2 Å². The maximum Gasteiger partial charge on any atom is 0.304 e. The van der Waals surface area contributed by atoms with E-state index in [9.17, 15) is 48.3 Å². The average Bonchev–Trinajstić information content (AvgIpc) is 3.12. The fraction of sp³-hybridized carbons (Fsp3) is 0.615. The molecule has 0 bridgehead atoms. The molecule has 2 heterocycles. The number of nitrogens with zero attached hydrogens (tertiary/aromatic N) is 1. The first-order chi connectivity index (χ1) is 26.4. The Balaban J connectivity index is 2.02. The lowest BCUT2D eigenvalue weighted by Gasteiger charge is -2.35. The Kier molecular flexibility index (Phi) is 17.5. The normalized spacial score (nSPS) is 25.3. The van der Waals surface area contributed by atoms with Crippen LogP contribution in [0.25, 0.3) is 0 Å². The third kappa shape index (κ3) is 14.0. The largest absolute Gasteiger partial charge is 0.481 e. The zero-order valence-electron chi connectivity index (χ0n) is 32.9. The molecular formula is C39H56N6O10S. The number of rotatable bonds is 13. The van der Waals surface area contributed by atoms with Gasteiger partial charge < -0.3 is 36.6 Å². The van der Waals surface area contributed by atoms with Gasteiger partial charge in [-0.15, -0.1) is 0 Å². The average molecular weight is 801 g/mol. The third-order valence-corrected chi connectivity index (χ3v) is 10.8.